The van der Waals surface area contributed by atoms with Crippen molar-refractivity contribution in [3.05, 3.63) is 12.0 Å². The molecule has 0 radical (unpaired) electrons. The molecule has 1 rings (SSSR count). The first-order valence-corrected chi connectivity index (χ1v) is 7.66. The maximum absolute atomic E-state index is 12.1. The predicted octanol–water partition coefficient (Wildman–Crippen LogP) is -0.192. The number of carbonyl (C=O) groups is 2. The molecule has 0 saturated carbocycles. The minimum Gasteiger partial charge on any atom is -0.481 e. The summed E-state index contributed by atoms with van der Waals surface area (Å²) in [5.74, 6) is -2.16. The molecule has 0 aromatic carbocycles. The van der Waals surface area contributed by atoms with Crippen molar-refractivity contribution in [1.29, 1.82) is 0 Å². The van der Waals surface area contributed by atoms with Gasteiger partial charge in [0.05, 0.1) is 0 Å². The zero-order valence-corrected chi connectivity index (χ0v) is 12.4. The van der Waals surface area contributed by atoms with Crippen molar-refractivity contribution < 1.29 is 28.2 Å². The zero-order chi connectivity index (χ0) is 16.2. The summed E-state index contributed by atoms with van der Waals surface area (Å²) >= 11 is 0. The molecule has 0 unspecified atom stereocenters. The number of imidazole rings is 1. The van der Waals surface area contributed by atoms with Crippen LogP contribution < -0.4 is 4.72 Å². The molecule has 1 aromatic heterocycles. The first-order valence-electron chi connectivity index (χ1n) is 6.18. The number of aryl methyl sites for hydroxylation is 2. The third-order valence-corrected chi connectivity index (χ3v) is 4.15. The van der Waals surface area contributed by atoms with Crippen LogP contribution in [0.3, 0.4) is 0 Å². The van der Waals surface area contributed by atoms with Gasteiger partial charge in [-0.1, -0.05) is 0 Å². The Kier molecular flexibility index (Phi) is 5.44. The summed E-state index contributed by atoms with van der Waals surface area (Å²) in [6.45, 7) is 3.96. The Hall–Kier alpha value is -1.94. The average molecular weight is 319 g/mol. The van der Waals surface area contributed by atoms with Gasteiger partial charge in [-0.25, -0.2) is 13.4 Å². The van der Waals surface area contributed by atoms with E-state index in [-0.39, 0.29) is 11.4 Å². The minimum atomic E-state index is -4.12. The van der Waals surface area contributed by atoms with E-state index in [1.807, 2.05) is 11.6 Å². The van der Waals surface area contributed by atoms with E-state index in [9.17, 15) is 18.0 Å². The van der Waals surface area contributed by atoms with Crippen LogP contribution in [0.15, 0.2) is 11.2 Å². The van der Waals surface area contributed by atoms with Gasteiger partial charge in [0.25, 0.3) is 10.0 Å². The molecule has 0 spiro atoms. The summed E-state index contributed by atoms with van der Waals surface area (Å²) in [5, 5.41) is 17.2. The standard InChI is InChI=1S/C11H17N3O6S/c1-3-14-6-9(12-7(14)2)21(19,20)13-8(11(17)18)4-5-10(15)16/h6,8,13H,3-5H2,1-2H3,(H,15,16)(H,17,18)/t8-/m0/s1. The molecule has 0 aliphatic heterocycles. The monoisotopic (exact) mass is 319 g/mol. The van der Waals surface area contributed by atoms with Crippen LogP contribution in [-0.2, 0) is 26.2 Å². The van der Waals surface area contributed by atoms with Crippen LogP contribution in [0.5, 0.6) is 0 Å². The van der Waals surface area contributed by atoms with Crippen LogP contribution in [0.2, 0.25) is 0 Å². The molecular formula is C11H17N3O6S. The van der Waals surface area contributed by atoms with E-state index in [0.717, 1.165) is 0 Å². The minimum absolute atomic E-state index is 0.288. The summed E-state index contributed by atoms with van der Waals surface area (Å²) in [4.78, 5) is 25.3. The van der Waals surface area contributed by atoms with Gasteiger partial charge in [-0.05, 0) is 20.3 Å². The molecule has 0 fully saturated rings. The first kappa shape index (κ1) is 17.1. The number of aromatic nitrogens is 2. The van der Waals surface area contributed by atoms with E-state index in [4.69, 9.17) is 10.2 Å². The van der Waals surface area contributed by atoms with Crippen LogP contribution in [0.4, 0.5) is 0 Å². The van der Waals surface area contributed by atoms with E-state index >= 15 is 0 Å². The number of rotatable bonds is 8. The zero-order valence-electron chi connectivity index (χ0n) is 11.6. The van der Waals surface area contributed by atoms with Crippen molar-refractivity contribution in [1.82, 2.24) is 14.3 Å². The molecule has 0 aliphatic rings. The first-order chi connectivity index (χ1) is 9.67. The number of sulfonamides is 1. The highest BCUT2D eigenvalue weighted by Gasteiger charge is 2.27. The quantitative estimate of drug-likeness (QED) is 0.603. The fourth-order valence-electron chi connectivity index (χ4n) is 1.68. The van der Waals surface area contributed by atoms with Gasteiger partial charge < -0.3 is 14.8 Å². The highest BCUT2D eigenvalue weighted by Crippen LogP contribution is 2.11. The maximum atomic E-state index is 12.1. The summed E-state index contributed by atoms with van der Waals surface area (Å²) in [6, 6.07) is -1.52. The summed E-state index contributed by atoms with van der Waals surface area (Å²) in [6.07, 6.45) is 0.493. The Morgan fingerprint density at radius 3 is 2.48 bits per heavy atom. The van der Waals surface area contributed by atoms with Gasteiger partial charge in [-0.15, -0.1) is 0 Å². The third-order valence-electron chi connectivity index (χ3n) is 2.81. The predicted molar refractivity (Wildman–Crippen MR) is 71.3 cm³/mol. The van der Waals surface area contributed by atoms with Gasteiger partial charge in [0.15, 0.2) is 5.03 Å². The highest BCUT2D eigenvalue weighted by atomic mass is 32.2. The lowest BCUT2D eigenvalue weighted by atomic mass is 10.2. The average Bonchev–Trinajstić information content (AvgIpc) is 2.76. The topological polar surface area (TPSA) is 139 Å². The van der Waals surface area contributed by atoms with Gasteiger partial charge >= 0.3 is 11.9 Å². The van der Waals surface area contributed by atoms with Gasteiger partial charge in [0.1, 0.15) is 11.9 Å². The molecule has 21 heavy (non-hydrogen) atoms. The molecular weight excluding hydrogens is 302 g/mol. The van der Waals surface area contributed by atoms with Crippen molar-refractivity contribution >= 4 is 22.0 Å². The van der Waals surface area contributed by atoms with Crippen LogP contribution >= 0.6 is 0 Å². The van der Waals surface area contributed by atoms with E-state index < -0.39 is 34.4 Å². The second kappa shape index (κ2) is 6.68. The summed E-state index contributed by atoms with van der Waals surface area (Å²) < 4.78 is 27.7. The number of carboxylic acids is 2. The fraction of sp³-hybridized carbons (Fsp3) is 0.545. The van der Waals surface area contributed by atoms with Crippen LogP contribution in [-0.4, -0.2) is 46.2 Å². The van der Waals surface area contributed by atoms with Gasteiger partial charge in [-0.3, -0.25) is 9.59 Å². The van der Waals surface area contributed by atoms with Crippen molar-refractivity contribution in [3.63, 3.8) is 0 Å². The lowest BCUT2D eigenvalue weighted by Gasteiger charge is -2.12. The molecule has 3 N–H and O–H groups in total. The Morgan fingerprint density at radius 1 is 1.43 bits per heavy atom. The Bertz CT molecular complexity index is 636. The normalized spacial score (nSPS) is 13.0. The summed E-state index contributed by atoms with van der Waals surface area (Å²) in [7, 11) is -4.12. The van der Waals surface area contributed by atoms with Crippen molar-refractivity contribution in [2.24, 2.45) is 0 Å². The van der Waals surface area contributed by atoms with Crippen LogP contribution in [0, 0.1) is 6.92 Å². The van der Waals surface area contributed by atoms with E-state index in [1.54, 1.807) is 11.5 Å². The van der Waals surface area contributed by atoms with Crippen molar-refractivity contribution in [3.8, 4) is 0 Å². The number of nitrogens with one attached hydrogen (secondary N) is 1. The van der Waals surface area contributed by atoms with Gasteiger partial charge in [0, 0.05) is 19.2 Å². The van der Waals surface area contributed by atoms with Crippen LogP contribution in [0.25, 0.3) is 0 Å². The molecule has 10 heteroatoms. The molecule has 0 saturated heterocycles. The largest absolute Gasteiger partial charge is 0.481 e. The fourth-order valence-corrected chi connectivity index (χ4v) is 2.91. The highest BCUT2D eigenvalue weighted by molar-refractivity contribution is 7.89. The number of aliphatic carboxylic acids is 2. The van der Waals surface area contributed by atoms with Crippen molar-refractivity contribution in [2.75, 3.05) is 0 Å². The van der Waals surface area contributed by atoms with E-state index in [2.05, 4.69) is 4.98 Å². The SMILES string of the molecule is CCn1cc(S(=O)(=O)N[C@@H](CCC(=O)O)C(=O)O)nc1C. The van der Waals surface area contributed by atoms with Gasteiger partial charge in [0.2, 0.25) is 0 Å². The van der Waals surface area contributed by atoms with Crippen LogP contribution in [0.1, 0.15) is 25.6 Å². The van der Waals surface area contributed by atoms with Gasteiger partial charge in [-0.2, -0.15) is 4.72 Å². The Morgan fingerprint density at radius 2 is 2.05 bits per heavy atom. The number of nitrogens with zero attached hydrogens (tertiary/aromatic N) is 2. The molecule has 9 nitrogen and oxygen atoms in total. The molecule has 0 bridgehead atoms. The van der Waals surface area contributed by atoms with E-state index in [0.29, 0.717) is 12.4 Å². The lowest BCUT2D eigenvalue weighted by Crippen LogP contribution is -2.41. The number of carboxylic acid groups (broad SMARTS) is 2. The lowest BCUT2D eigenvalue weighted by molar-refractivity contribution is -0.140. The van der Waals surface area contributed by atoms with Crippen molar-refractivity contribution in [2.45, 2.75) is 44.3 Å². The second-order valence-corrected chi connectivity index (χ2v) is 6.02. The number of hydrogen-bond acceptors (Lipinski definition) is 5. The molecule has 118 valence electrons. The maximum Gasteiger partial charge on any atom is 0.321 e. The summed E-state index contributed by atoms with van der Waals surface area (Å²) in [5.41, 5.74) is 0. The smallest absolute Gasteiger partial charge is 0.321 e. The molecule has 0 amide bonds. The molecule has 0 aliphatic carbocycles. The molecule has 1 atom stereocenters. The Labute approximate surface area is 121 Å². The second-order valence-electron chi connectivity index (χ2n) is 4.36. The molecule has 1 aromatic rings. The molecule has 1 heterocycles. The Balaban J connectivity index is 2.94. The third kappa shape index (κ3) is 4.53. The number of hydrogen-bond donors (Lipinski definition) is 3. The van der Waals surface area contributed by atoms with E-state index in [1.165, 1.54) is 6.20 Å².